The number of rotatable bonds is 2. The molecule has 4 heterocycles. The zero-order valence-corrected chi connectivity index (χ0v) is 15.8. The summed E-state index contributed by atoms with van der Waals surface area (Å²) in [6, 6.07) is 10.6. The largest absolute Gasteiger partial charge is 0.382 e. The van der Waals surface area contributed by atoms with Crippen LogP contribution in [0.5, 0.6) is 0 Å². The van der Waals surface area contributed by atoms with E-state index < -0.39 is 0 Å². The Labute approximate surface area is 158 Å². The van der Waals surface area contributed by atoms with Crippen LogP contribution in [-0.4, -0.2) is 44.0 Å². The van der Waals surface area contributed by atoms with E-state index in [9.17, 15) is 0 Å². The van der Waals surface area contributed by atoms with Gasteiger partial charge in [-0.05, 0) is 45.1 Å². The lowest BCUT2D eigenvalue weighted by Gasteiger charge is -2.28. The molecule has 3 aromatic heterocycles. The summed E-state index contributed by atoms with van der Waals surface area (Å²) in [5, 5.41) is 1.21. The zero-order valence-electron chi connectivity index (χ0n) is 15.8. The Morgan fingerprint density at radius 3 is 2.67 bits per heavy atom. The van der Waals surface area contributed by atoms with E-state index in [0.29, 0.717) is 11.7 Å². The molecule has 4 aromatic rings. The molecule has 138 valence electrons. The number of hydrogen-bond acceptors (Lipinski definition) is 4. The standard InChI is InChI=1S/C21H24N6/c1-25-10-7-14(8-11-25)21-24-18(19-20(22)23-9-12-27(19)21)17-13-15-5-3-4-6-16(15)26(17)2/h3-6,9,12-14H,7-8,10-11H2,1-2H3,(H2,22,23). The highest BCUT2D eigenvalue weighted by Gasteiger charge is 2.26. The van der Waals surface area contributed by atoms with Crippen molar-refractivity contribution in [3.05, 3.63) is 48.5 Å². The Kier molecular flexibility index (Phi) is 3.68. The first-order valence-electron chi connectivity index (χ1n) is 9.49. The molecule has 1 fully saturated rings. The molecule has 0 spiro atoms. The first kappa shape index (κ1) is 16.3. The summed E-state index contributed by atoms with van der Waals surface area (Å²) in [5.74, 6) is 2.08. The highest BCUT2D eigenvalue weighted by molar-refractivity contribution is 5.92. The molecule has 0 bridgehead atoms. The molecular formula is C21H24N6. The van der Waals surface area contributed by atoms with Crippen molar-refractivity contribution < 1.29 is 0 Å². The molecule has 1 aliphatic heterocycles. The maximum absolute atomic E-state index is 6.31. The van der Waals surface area contributed by atoms with Gasteiger partial charge in [0.05, 0.1) is 5.69 Å². The highest BCUT2D eigenvalue weighted by Crippen LogP contribution is 2.35. The van der Waals surface area contributed by atoms with Gasteiger partial charge in [0.15, 0.2) is 0 Å². The van der Waals surface area contributed by atoms with Gasteiger partial charge in [-0.2, -0.15) is 0 Å². The minimum Gasteiger partial charge on any atom is -0.382 e. The molecular weight excluding hydrogens is 336 g/mol. The number of nitrogen functional groups attached to an aromatic ring is 1. The zero-order chi connectivity index (χ0) is 18.5. The maximum atomic E-state index is 6.31. The number of nitrogens with two attached hydrogens (primary N) is 1. The van der Waals surface area contributed by atoms with Crippen LogP contribution in [0.25, 0.3) is 27.8 Å². The number of benzene rings is 1. The number of fused-ring (bicyclic) bond motifs is 2. The number of piperidine rings is 1. The summed E-state index contributed by atoms with van der Waals surface area (Å²) in [6.45, 7) is 2.20. The summed E-state index contributed by atoms with van der Waals surface area (Å²) in [7, 11) is 4.27. The summed E-state index contributed by atoms with van der Waals surface area (Å²) in [4.78, 5) is 11.9. The Balaban J connectivity index is 1.73. The first-order valence-corrected chi connectivity index (χ1v) is 9.49. The molecule has 0 amide bonds. The summed E-state index contributed by atoms with van der Waals surface area (Å²) >= 11 is 0. The van der Waals surface area contributed by atoms with Gasteiger partial charge in [0.25, 0.3) is 0 Å². The summed E-state index contributed by atoms with van der Waals surface area (Å²) in [5.41, 5.74) is 10.4. The molecule has 1 aliphatic rings. The van der Waals surface area contributed by atoms with Crippen molar-refractivity contribution in [2.24, 2.45) is 7.05 Å². The Hall–Kier alpha value is -2.86. The molecule has 6 heteroatoms. The normalized spacial score (nSPS) is 16.5. The van der Waals surface area contributed by atoms with Crippen LogP contribution in [0, 0.1) is 0 Å². The van der Waals surface area contributed by atoms with Gasteiger partial charge in [0.2, 0.25) is 0 Å². The first-order chi connectivity index (χ1) is 13.1. The van der Waals surface area contributed by atoms with Crippen LogP contribution in [-0.2, 0) is 7.05 Å². The van der Waals surface area contributed by atoms with Gasteiger partial charge in [-0.3, -0.25) is 4.40 Å². The van der Waals surface area contributed by atoms with Crippen molar-refractivity contribution in [3.8, 4) is 11.4 Å². The van der Waals surface area contributed by atoms with Crippen molar-refractivity contribution in [3.63, 3.8) is 0 Å². The van der Waals surface area contributed by atoms with E-state index in [2.05, 4.69) is 63.3 Å². The molecule has 0 saturated carbocycles. The minimum atomic E-state index is 0.443. The fourth-order valence-corrected chi connectivity index (χ4v) is 4.34. The lowest BCUT2D eigenvalue weighted by molar-refractivity contribution is 0.251. The second kappa shape index (κ2) is 6.09. The maximum Gasteiger partial charge on any atom is 0.150 e. The van der Waals surface area contributed by atoms with Crippen molar-refractivity contribution in [2.75, 3.05) is 25.9 Å². The average molecular weight is 360 g/mol. The summed E-state index contributed by atoms with van der Waals surface area (Å²) < 4.78 is 4.36. The molecule has 1 saturated heterocycles. The van der Waals surface area contributed by atoms with E-state index in [1.165, 1.54) is 10.9 Å². The predicted octanol–water partition coefficient (Wildman–Crippen LogP) is 3.28. The van der Waals surface area contributed by atoms with Gasteiger partial charge in [-0.1, -0.05) is 18.2 Å². The lowest BCUT2D eigenvalue weighted by Crippen LogP contribution is -2.29. The summed E-state index contributed by atoms with van der Waals surface area (Å²) in [6.07, 6.45) is 6.00. The Bertz CT molecular complexity index is 1130. The molecule has 0 unspecified atom stereocenters. The van der Waals surface area contributed by atoms with E-state index in [0.717, 1.165) is 48.7 Å². The molecule has 0 radical (unpaired) electrons. The van der Waals surface area contributed by atoms with Gasteiger partial charge in [-0.15, -0.1) is 0 Å². The second-order valence-corrected chi connectivity index (χ2v) is 7.57. The minimum absolute atomic E-state index is 0.443. The number of aryl methyl sites for hydroxylation is 1. The molecule has 5 rings (SSSR count). The number of anilines is 1. The van der Waals surface area contributed by atoms with Crippen molar-refractivity contribution in [1.82, 2.24) is 23.8 Å². The van der Waals surface area contributed by atoms with Crippen LogP contribution < -0.4 is 5.73 Å². The van der Waals surface area contributed by atoms with E-state index in [1.54, 1.807) is 6.20 Å². The molecule has 0 aliphatic carbocycles. The fraction of sp³-hybridized carbons (Fsp3) is 0.333. The smallest absolute Gasteiger partial charge is 0.150 e. The number of hydrogen-bond donors (Lipinski definition) is 1. The topological polar surface area (TPSA) is 64.4 Å². The van der Waals surface area contributed by atoms with Crippen LogP contribution in [0.3, 0.4) is 0 Å². The highest BCUT2D eigenvalue weighted by atomic mass is 15.1. The molecule has 1 aromatic carbocycles. The van der Waals surface area contributed by atoms with E-state index in [1.807, 2.05) is 6.20 Å². The molecule has 27 heavy (non-hydrogen) atoms. The number of likely N-dealkylation sites (tertiary alicyclic amines) is 1. The van der Waals surface area contributed by atoms with E-state index >= 15 is 0 Å². The predicted molar refractivity (Wildman–Crippen MR) is 109 cm³/mol. The third kappa shape index (κ3) is 2.51. The monoisotopic (exact) mass is 360 g/mol. The van der Waals surface area contributed by atoms with Crippen molar-refractivity contribution in [2.45, 2.75) is 18.8 Å². The van der Waals surface area contributed by atoms with Gasteiger partial charge in [0, 0.05) is 36.3 Å². The van der Waals surface area contributed by atoms with Crippen LogP contribution in [0.1, 0.15) is 24.6 Å². The second-order valence-electron chi connectivity index (χ2n) is 7.57. The average Bonchev–Trinajstić information content (AvgIpc) is 3.22. The van der Waals surface area contributed by atoms with Gasteiger partial charge in [0.1, 0.15) is 22.9 Å². The third-order valence-electron chi connectivity index (χ3n) is 5.89. The SMILES string of the molecule is CN1CCC(c2nc(-c3cc4ccccc4n3C)c3c(N)nccn23)CC1. The Morgan fingerprint density at radius 2 is 1.89 bits per heavy atom. The van der Waals surface area contributed by atoms with E-state index in [4.69, 9.17) is 10.7 Å². The number of imidazole rings is 1. The lowest BCUT2D eigenvalue weighted by atomic mass is 9.96. The van der Waals surface area contributed by atoms with Crippen LogP contribution >= 0.6 is 0 Å². The molecule has 6 nitrogen and oxygen atoms in total. The van der Waals surface area contributed by atoms with Gasteiger partial charge < -0.3 is 15.2 Å². The van der Waals surface area contributed by atoms with Crippen molar-refractivity contribution >= 4 is 22.2 Å². The molecule has 0 atom stereocenters. The Morgan fingerprint density at radius 1 is 1.11 bits per heavy atom. The molecule has 2 N–H and O–H groups in total. The van der Waals surface area contributed by atoms with Crippen molar-refractivity contribution in [1.29, 1.82) is 0 Å². The number of para-hydroxylation sites is 1. The number of aromatic nitrogens is 4. The number of nitrogens with zero attached hydrogens (tertiary/aromatic N) is 5. The third-order valence-corrected chi connectivity index (χ3v) is 5.89. The van der Waals surface area contributed by atoms with Crippen LogP contribution in [0.15, 0.2) is 42.7 Å². The van der Waals surface area contributed by atoms with Crippen LogP contribution in [0.2, 0.25) is 0 Å². The quantitative estimate of drug-likeness (QED) is 0.596. The van der Waals surface area contributed by atoms with Gasteiger partial charge in [-0.25, -0.2) is 9.97 Å². The van der Waals surface area contributed by atoms with E-state index in [-0.39, 0.29) is 0 Å². The fourth-order valence-electron chi connectivity index (χ4n) is 4.34. The van der Waals surface area contributed by atoms with Gasteiger partial charge >= 0.3 is 0 Å². The van der Waals surface area contributed by atoms with Crippen LogP contribution in [0.4, 0.5) is 5.82 Å².